The Balaban J connectivity index is 1.36. The predicted octanol–water partition coefficient (Wildman–Crippen LogP) is 3.87. The minimum Gasteiger partial charge on any atom is -0.325 e. The second kappa shape index (κ2) is 7.25. The van der Waals surface area contributed by atoms with Crippen molar-refractivity contribution in [2.24, 2.45) is 16.8 Å². The van der Waals surface area contributed by atoms with Crippen molar-refractivity contribution in [2.45, 2.75) is 30.6 Å². The molecule has 4 atom stereocenters. The number of allylic oxidation sites excluding steroid dienone is 1. The van der Waals surface area contributed by atoms with Crippen molar-refractivity contribution in [3.63, 3.8) is 0 Å². The van der Waals surface area contributed by atoms with E-state index in [0.29, 0.717) is 32.7 Å². The summed E-state index contributed by atoms with van der Waals surface area (Å²) in [5, 5.41) is 6.53. The van der Waals surface area contributed by atoms with E-state index in [1.807, 2.05) is 0 Å². The summed E-state index contributed by atoms with van der Waals surface area (Å²) in [6, 6.07) is 5.09. The van der Waals surface area contributed by atoms with Crippen LogP contribution in [0.15, 0.2) is 35.3 Å². The Hall–Kier alpha value is -1.50. The number of benzene rings is 1. The summed E-state index contributed by atoms with van der Waals surface area (Å²) in [6.45, 7) is 0. The maximum absolute atomic E-state index is 12.3. The number of nitrogens with one attached hydrogen (secondary N) is 2. The minimum atomic E-state index is -0.485. The van der Waals surface area contributed by atoms with Crippen molar-refractivity contribution >= 4 is 57.6 Å². The molecule has 5 nitrogen and oxygen atoms in total. The number of thioether (sulfide) groups is 1. The van der Waals surface area contributed by atoms with Crippen LogP contribution in [0.2, 0.25) is 10.0 Å². The third kappa shape index (κ3) is 3.77. The molecule has 1 aromatic carbocycles. The molecule has 0 aromatic heterocycles. The van der Waals surface area contributed by atoms with E-state index < -0.39 is 5.25 Å². The highest BCUT2D eigenvalue weighted by Gasteiger charge is 2.38. The van der Waals surface area contributed by atoms with Gasteiger partial charge in [-0.2, -0.15) is 0 Å². The average Bonchev–Trinajstić information content (AvgIpc) is 3.28. The first-order valence-electron chi connectivity index (χ1n) is 8.46. The first kappa shape index (κ1) is 17.9. The Morgan fingerprint density at radius 3 is 2.88 bits per heavy atom. The molecule has 136 valence electrons. The van der Waals surface area contributed by atoms with Crippen LogP contribution in [0.25, 0.3) is 0 Å². The number of carbonyl (C=O) groups is 2. The van der Waals surface area contributed by atoms with Crippen molar-refractivity contribution in [1.29, 1.82) is 0 Å². The van der Waals surface area contributed by atoms with Crippen molar-refractivity contribution in [2.75, 3.05) is 5.32 Å². The molecule has 2 N–H and O–H groups in total. The molecule has 1 saturated carbocycles. The zero-order valence-electron chi connectivity index (χ0n) is 13.7. The Morgan fingerprint density at radius 1 is 1.31 bits per heavy atom. The van der Waals surface area contributed by atoms with Crippen LogP contribution in [0.5, 0.6) is 0 Å². The van der Waals surface area contributed by atoms with Gasteiger partial charge in [0.05, 0.1) is 16.8 Å². The highest BCUT2D eigenvalue weighted by molar-refractivity contribution is 8.15. The number of aliphatic imine (C=N–C) groups is 1. The summed E-state index contributed by atoms with van der Waals surface area (Å²) < 4.78 is 0. The number of halogens is 2. The molecule has 2 aliphatic carbocycles. The summed E-state index contributed by atoms with van der Waals surface area (Å²) in [5.41, 5.74) is 0.440. The van der Waals surface area contributed by atoms with Crippen LogP contribution >= 0.6 is 35.0 Å². The third-order valence-electron chi connectivity index (χ3n) is 4.88. The number of nitrogens with zero attached hydrogens (tertiary/aromatic N) is 1. The van der Waals surface area contributed by atoms with E-state index in [0.717, 1.165) is 12.8 Å². The molecule has 1 heterocycles. The second-order valence-electron chi connectivity index (χ2n) is 6.75. The molecular formula is C18H17Cl2N3O2S. The van der Waals surface area contributed by atoms with Crippen LogP contribution in [0.3, 0.4) is 0 Å². The Bertz CT molecular complexity index is 827. The average molecular weight is 410 g/mol. The van der Waals surface area contributed by atoms with Crippen molar-refractivity contribution in [3.05, 3.63) is 40.4 Å². The van der Waals surface area contributed by atoms with Crippen LogP contribution in [0.1, 0.15) is 19.3 Å². The maximum atomic E-state index is 12.3. The molecule has 3 aliphatic rings. The van der Waals surface area contributed by atoms with Crippen LogP contribution in [-0.4, -0.2) is 28.3 Å². The standard InChI is InChI=1S/C18H17Cl2N3O2S/c19-11-3-4-12(20)14(7-11)21-16(24)8-15-17(25)23-18(26-15)22-13-6-9-1-2-10(13)5-9/h1-4,7,9-10,13,15H,5-6,8H2,(H,21,24)(H,22,23,25)/t9-,10-,13+,15-/m0/s1. The van der Waals surface area contributed by atoms with Crippen molar-refractivity contribution in [1.82, 2.24) is 5.32 Å². The molecule has 1 saturated heterocycles. The fourth-order valence-electron chi connectivity index (χ4n) is 3.61. The zero-order chi connectivity index (χ0) is 18.3. The van der Waals surface area contributed by atoms with E-state index >= 15 is 0 Å². The fourth-order valence-corrected chi connectivity index (χ4v) is 4.98. The summed E-state index contributed by atoms with van der Waals surface area (Å²) in [6.07, 6.45) is 6.74. The van der Waals surface area contributed by atoms with E-state index in [1.54, 1.807) is 18.2 Å². The van der Waals surface area contributed by atoms with E-state index in [-0.39, 0.29) is 24.3 Å². The fraction of sp³-hybridized carbons (Fsp3) is 0.389. The number of hydrogen-bond acceptors (Lipinski definition) is 4. The van der Waals surface area contributed by atoms with E-state index in [4.69, 9.17) is 28.2 Å². The number of hydrogen-bond donors (Lipinski definition) is 2. The number of anilines is 1. The van der Waals surface area contributed by atoms with Gasteiger partial charge in [0.25, 0.3) is 0 Å². The molecule has 4 rings (SSSR count). The topological polar surface area (TPSA) is 70.6 Å². The molecule has 2 amide bonds. The molecule has 1 aromatic rings. The molecule has 8 heteroatoms. The summed E-state index contributed by atoms with van der Waals surface area (Å²) in [5.74, 6) is 0.642. The SMILES string of the molecule is O=C(C[C@@H]1SC(=N[C@@H]2C[C@H]3C=C[C@H]2C3)NC1=O)Nc1cc(Cl)ccc1Cl. The molecule has 0 unspecified atom stereocenters. The lowest BCUT2D eigenvalue weighted by atomic mass is 10.0. The Kier molecular flexibility index (Phi) is 4.99. The number of carbonyl (C=O) groups excluding carboxylic acids is 2. The van der Waals surface area contributed by atoms with Crippen LogP contribution < -0.4 is 10.6 Å². The molecular weight excluding hydrogens is 393 g/mol. The molecule has 0 radical (unpaired) electrons. The van der Waals surface area contributed by atoms with Gasteiger partial charge in [0.15, 0.2) is 5.17 Å². The monoisotopic (exact) mass is 409 g/mol. The summed E-state index contributed by atoms with van der Waals surface area (Å²) in [4.78, 5) is 29.2. The zero-order valence-corrected chi connectivity index (χ0v) is 16.1. The number of amidine groups is 1. The number of fused-ring (bicyclic) bond motifs is 2. The van der Waals surface area contributed by atoms with Gasteiger partial charge in [0.2, 0.25) is 11.8 Å². The van der Waals surface area contributed by atoms with Crippen LogP contribution in [0, 0.1) is 11.8 Å². The van der Waals surface area contributed by atoms with Gasteiger partial charge in [-0.15, -0.1) is 0 Å². The number of amides is 2. The van der Waals surface area contributed by atoms with Gasteiger partial charge < -0.3 is 10.6 Å². The van der Waals surface area contributed by atoms with Gasteiger partial charge >= 0.3 is 0 Å². The van der Waals surface area contributed by atoms with Gasteiger partial charge in [0.1, 0.15) is 5.25 Å². The van der Waals surface area contributed by atoms with Gasteiger partial charge in [-0.05, 0) is 42.9 Å². The molecule has 1 aliphatic heterocycles. The normalized spacial score (nSPS) is 30.8. The molecule has 2 fully saturated rings. The highest BCUT2D eigenvalue weighted by atomic mass is 35.5. The van der Waals surface area contributed by atoms with Gasteiger partial charge in [-0.1, -0.05) is 47.1 Å². The first-order chi connectivity index (χ1) is 12.5. The smallest absolute Gasteiger partial charge is 0.240 e. The first-order valence-corrected chi connectivity index (χ1v) is 10.1. The van der Waals surface area contributed by atoms with Gasteiger partial charge in [-0.3, -0.25) is 14.6 Å². The lowest BCUT2D eigenvalue weighted by Gasteiger charge is -2.13. The van der Waals surface area contributed by atoms with Gasteiger partial charge in [-0.25, -0.2) is 0 Å². The number of rotatable bonds is 4. The molecule has 2 bridgehead atoms. The van der Waals surface area contributed by atoms with Crippen molar-refractivity contribution < 1.29 is 9.59 Å². The largest absolute Gasteiger partial charge is 0.325 e. The second-order valence-corrected chi connectivity index (χ2v) is 8.79. The van der Waals surface area contributed by atoms with E-state index in [1.165, 1.54) is 11.8 Å². The molecule has 0 spiro atoms. The van der Waals surface area contributed by atoms with Gasteiger partial charge in [0, 0.05) is 11.4 Å². The van der Waals surface area contributed by atoms with Crippen molar-refractivity contribution in [3.8, 4) is 0 Å². The molecule has 26 heavy (non-hydrogen) atoms. The highest BCUT2D eigenvalue weighted by Crippen LogP contribution is 2.41. The van der Waals surface area contributed by atoms with E-state index in [9.17, 15) is 9.59 Å². The third-order valence-corrected chi connectivity index (χ3v) is 6.54. The minimum absolute atomic E-state index is 0.0506. The lowest BCUT2D eigenvalue weighted by molar-refractivity contribution is -0.122. The predicted molar refractivity (Wildman–Crippen MR) is 106 cm³/mol. The quantitative estimate of drug-likeness (QED) is 0.741. The Labute approximate surface area is 165 Å². The maximum Gasteiger partial charge on any atom is 0.240 e. The summed E-state index contributed by atoms with van der Waals surface area (Å²) >= 11 is 13.3. The van der Waals surface area contributed by atoms with E-state index in [2.05, 4.69) is 22.8 Å². The van der Waals surface area contributed by atoms with Crippen LogP contribution in [0.4, 0.5) is 5.69 Å². The lowest BCUT2D eigenvalue weighted by Crippen LogP contribution is -2.28. The van der Waals surface area contributed by atoms with Crippen LogP contribution in [-0.2, 0) is 9.59 Å². The summed E-state index contributed by atoms with van der Waals surface area (Å²) in [7, 11) is 0. The Morgan fingerprint density at radius 2 is 2.15 bits per heavy atom.